The van der Waals surface area contributed by atoms with Gasteiger partial charge < -0.3 is 10.1 Å². The van der Waals surface area contributed by atoms with Crippen LogP contribution < -0.4 is 10.1 Å². The third-order valence-corrected chi connectivity index (χ3v) is 5.37. The molecule has 1 saturated heterocycles. The molecular weight excluding hydrogens is 367 g/mol. The molecule has 0 saturated carbocycles. The fourth-order valence-electron chi connectivity index (χ4n) is 3.81. The van der Waals surface area contributed by atoms with Gasteiger partial charge in [0, 0.05) is 26.1 Å². The molecular formula is C24H31FN2O2. The molecule has 1 fully saturated rings. The van der Waals surface area contributed by atoms with E-state index in [2.05, 4.69) is 35.3 Å². The number of hydrogen-bond acceptors (Lipinski definition) is 3. The smallest absolute Gasteiger partial charge is 0.220 e. The fourth-order valence-corrected chi connectivity index (χ4v) is 3.81. The third-order valence-electron chi connectivity index (χ3n) is 5.37. The summed E-state index contributed by atoms with van der Waals surface area (Å²) < 4.78 is 18.9. The minimum atomic E-state index is -0.378. The molecule has 1 N–H and O–H groups in total. The van der Waals surface area contributed by atoms with Crippen molar-refractivity contribution in [3.05, 3.63) is 65.5 Å². The molecule has 4 nitrogen and oxygen atoms in total. The van der Waals surface area contributed by atoms with Crippen LogP contribution in [-0.2, 0) is 17.9 Å². The van der Waals surface area contributed by atoms with Gasteiger partial charge in [-0.1, -0.05) is 43.3 Å². The fraction of sp³-hybridized carbons (Fsp3) is 0.458. The van der Waals surface area contributed by atoms with E-state index >= 15 is 0 Å². The highest BCUT2D eigenvalue weighted by molar-refractivity contribution is 5.75. The molecule has 156 valence electrons. The number of ether oxygens (including phenoxy) is 1. The van der Waals surface area contributed by atoms with Gasteiger partial charge in [0.2, 0.25) is 5.91 Å². The van der Waals surface area contributed by atoms with Gasteiger partial charge in [0.15, 0.2) is 11.6 Å². The molecule has 1 aliphatic heterocycles. The van der Waals surface area contributed by atoms with Crippen molar-refractivity contribution >= 4 is 5.91 Å². The van der Waals surface area contributed by atoms with Crippen molar-refractivity contribution in [3.8, 4) is 5.75 Å². The Bertz CT molecular complexity index is 796. The maximum Gasteiger partial charge on any atom is 0.220 e. The zero-order valence-corrected chi connectivity index (χ0v) is 17.2. The van der Waals surface area contributed by atoms with Gasteiger partial charge in [-0.2, -0.15) is 0 Å². The highest BCUT2D eigenvalue weighted by atomic mass is 19.1. The minimum absolute atomic E-state index is 0.0106. The molecule has 29 heavy (non-hydrogen) atoms. The van der Waals surface area contributed by atoms with Crippen molar-refractivity contribution in [1.82, 2.24) is 10.2 Å². The monoisotopic (exact) mass is 398 g/mol. The number of nitrogens with one attached hydrogen (secondary N) is 1. The highest BCUT2D eigenvalue weighted by Gasteiger charge is 2.17. The normalized spacial score (nSPS) is 17.1. The van der Waals surface area contributed by atoms with Crippen LogP contribution >= 0.6 is 0 Å². The number of hydrogen-bond donors (Lipinski definition) is 1. The van der Waals surface area contributed by atoms with E-state index in [0.29, 0.717) is 26.0 Å². The number of carbonyl (C=O) groups excluding carboxylic acids is 1. The van der Waals surface area contributed by atoms with E-state index in [9.17, 15) is 9.18 Å². The summed E-state index contributed by atoms with van der Waals surface area (Å²) in [5.74, 6) is 0.594. The van der Waals surface area contributed by atoms with Gasteiger partial charge >= 0.3 is 0 Å². The van der Waals surface area contributed by atoms with Gasteiger partial charge in [0.1, 0.15) is 0 Å². The van der Waals surface area contributed by atoms with E-state index in [0.717, 1.165) is 25.6 Å². The molecule has 0 aliphatic carbocycles. The van der Waals surface area contributed by atoms with Gasteiger partial charge in [-0.05, 0) is 55.0 Å². The lowest BCUT2D eigenvalue weighted by atomic mass is 9.99. The van der Waals surface area contributed by atoms with Crippen LogP contribution in [-0.4, -0.2) is 30.5 Å². The molecule has 5 heteroatoms. The Hall–Kier alpha value is -2.40. The topological polar surface area (TPSA) is 41.6 Å². The Labute approximate surface area is 173 Å². The van der Waals surface area contributed by atoms with Gasteiger partial charge in [0.25, 0.3) is 0 Å². The summed E-state index contributed by atoms with van der Waals surface area (Å²) >= 11 is 0. The van der Waals surface area contributed by atoms with Crippen molar-refractivity contribution < 1.29 is 13.9 Å². The van der Waals surface area contributed by atoms with Crippen LogP contribution in [0.4, 0.5) is 4.39 Å². The Balaban J connectivity index is 1.41. The van der Waals surface area contributed by atoms with Gasteiger partial charge in [0.05, 0.1) is 6.61 Å². The van der Waals surface area contributed by atoms with E-state index in [4.69, 9.17) is 4.74 Å². The van der Waals surface area contributed by atoms with Crippen molar-refractivity contribution in [3.63, 3.8) is 0 Å². The maximum absolute atomic E-state index is 13.5. The van der Waals surface area contributed by atoms with Crippen LogP contribution in [0.25, 0.3) is 0 Å². The Kier molecular flexibility index (Phi) is 8.05. The number of likely N-dealkylation sites (tertiary alicyclic amines) is 1. The van der Waals surface area contributed by atoms with Crippen molar-refractivity contribution in [2.45, 2.75) is 45.7 Å². The van der Waals surface area contributed by atoms with E-state index < -0.39 is 0 Å². The number of nitrogens with zero attached hydrogens (tertiary/aromatic N) is 1. The predicted octanol–water partition coefficient (Wildman–Crippen LogP) is 4.53. The Morgan fingerprint density at radius 2 is 1.93 bits per heavy atom. The summed E-state index contributed by atoms with van der Waals surface area (Å²) in [7, 11) is 0. The average Bonchev–Trinajstić information content (AvgIpc) is 2.72. The molecule has 2 aromatic rings. The molecule has 1 unspecified atom stereocenters. The molecule has 0 radical (unpaired) electrons. The molecule has 0 bridgehead atoms. The number of carbonyl (C=O) groups is 1. The van der Waals surface area contributed by atoms with Crippen LogP contribution in [0.2, 0.25) is 0 Å². The summed E-state index contributed by atoms with van der Waals surface area (Å²) in [6.45, 7) is 6.39. The zero-order valence-electron chi connectivity index (χ0n) is 17.2. The van der Waals surface area contributed by atoms with Gasteiger partial charge in [-0.25, -0.2) is 4.39 Å². The van der Waals surface area contributed by atoms with E-state index in [1.54, 1.807) is 18.2 Å². The molecule has 3 rings (SSSR count). The highest BCUT2D eigenvalue weighted by Crippen LogP contribution is 2.19. The summed E-state index contributed by atoms with van der Waals surface area (Å²) in [5.41, 5.74) is 2.45. The molecule has 1 aliphatic rings. The van der Waals surface area contributed by atoms with E-state index in [1.165, 1.54) is 30.0 Å². The van der Waals surface area contributed by atoms with Crippen LogP contribution in [0.1, 0.15) is 43.7 Å². The van der Waals surface area contributed by atoms with Crippen LogP contribution in [0.3, 0.4) is 0 Å². The summed E-state index contributed by atoms with van der Waals surface area (Å²) in [4.78, 5) is 14.7. The minimum Gasteiger partial charge on any atom is -0.491 e. The molecule has 2 aromatic carbocycles. The van der Waals surface area contributed by atoms with Crippen molar-refractivity contribution in [2.75, 3.05) is 19.7 Å². The number of benzene rings is 2. The number of halogens is 1. The summed E-state index contributed by atoms with van der Waals surface area (Å²) in [5, 5.41) is 3.01. The third kappa shape index (κ3) is 6.86. The first-order chi connectivity index (χ1) is 14.1. The average molecular weight is 399 g/mol. The zero-order chi connectivity index (χ0) is 20.5. The van der Waals surface area contributed by atoms with E-state index in [-0.39, 0.29) is 17.5 Å². The lowest BCUT2D eigenvalue weighted by Gasteiger charge is -2.31. The first-order valence-electron chi connectivity index (χ1n) is 10.5. The van der Waals surface area contributed by atoms with Crippen molar-refractivity contribution in [1.29, 1.82) is 0 Å². The number of para-hydroxylation sites is 1. The second kappa shape index (κ2) is 11.0. The van der Waals surface area contributed by atoms with Gasteiger partial charge in [-0.3, -0.25) is 9.69 Å². The van der Waals surface area contributed by atoms with E-state index in [1.807, 2.05) is 6.07 Å². The number of amides is 1. The molecule has 0 aromatic heterocycles. The van der Waals surface area contributed by atoms with Crippen LogP contribution in [0, 0.1) is 11.7 Å². The molecule has 0 spiro atoms. The summed E-state index contributed by atoms with van der Waals surface area (Å²) in [6.07, 6.45) is 3.48. The second-order valence-corrected chi connectivity index (χ2v) is 7.91. The standard InChI is InChI=1S/C24H31FN2O2/c1-19-8-6-14-27(17-19)18-21-10-3-2-9-20(21)16-26-24(28)13-7-15-29-23-12-5-4-11-22(23)25/h2-5,9-12,19H,6-8,13-18H2,1H3,(H,26,28). The first-order valence-corrected chi connectivity index (χ1v) is 10.5. The predicted molar refractivity (Wildman–Crippen MR) is 113 cm³/mol. The first kappa shape index (κ1) is 21.3. The van der Waals surface area contributed by atoms with Crippen LogP contribution in [0.15, 0.2) is 48.5 Å². The lowest BCUT2D eigenvalue weighted by Crippen LogP contribution is -2.34. The SMILES string of the molecule is CC1CCCN(Cc2ccccc2CNC(=O)CCCOc2ccccc2F)C1. The summed E-state index contributed by atoms with van der Waals surface area (Å²) in [6, 6.07) is 14.6. The Morgan fingerprint density at radius 1 is 1.17 bits per heavy atom. The quantitative estimate of drug-likeness (QED) is 0.631. The van der Waals surface area contributed by atoms with Crippen LogP contribution in [0.5, 0.6) is 5.75 Å². The maximum atomic E-state index is 13.5. The molecule has 1 heterocycles. The van der Waals surface area contributed by atoms with Gasteiger partial charge in [-0.15, -0.1) is 0 Å². The number of rotatable bonds is 9. The molecule has 1 amide bonds. The Morgan fingerprint density at radius 3 is 2.72 bits per heavy atom. The van der Waals surface area contributed by atoms with Crippen molar-refractivity contribution in [2.24, 2.45) is 5.92 Å². The lowest BCUT2D eigenvalue weighted by molar-refractivity contribution is -0.121. The second-order valence-electron chi connectivity index (χ2n) is 7.91. The molecule has 1 atom stereocenters. The largest absolute Gasteiger partial charge is 0.491 e. The number of piperidine rings is 1.